The maximum absolute atomic E-state index is 12.1. The maximum atomic E-state index is 12.1. The normalized spacial score (nSPS) is 11.4. The van der Waals surface area contributed by atoms with Gasteiger partial charge in [-0.15, -0.1) is 0 Å². The Kier molecular flexibility index (Phi) is 6.21. The summed E-state index contributed by atoms with van der Waals surface area (Å²) in [5.74, 6) is -2.93. The highest BCUT2D eigenvalue weighted by Crippen LogP contribution is 2.14. The Morgan fingerprint density at radius 2 is 1.70 bits per heavy atom. The molecule has 9 nitrogen and oxygen atoms in total. The van der Waals surface area contributed by atoms with Gasteiger partial charge in [-0.1, -0.05) is 24.3 Å². The third kappa shape index (κ3) is 5.63. The number of aliphatic carboxylic acids is 1. The number of carbonyl (C=O) groups excluding carboxylic acids is 1. The van der Waals surface area contributed by atoms with Crippen molar-refractivity contribution in [3.05, 3.63) is 75.3 Å². The number of nitrogens with one attached hydrogen (secondary N) is 1. The first kappa shape index (κ1) is 19.6. The largest absolute Gasteiger partial charge is 0.480 e. The Morgan fingerprint density at radius 3 is 2.26 bits per heavy atom. The average molecular weight is 372 g/mol. The third-order valence-electron chi connectivity index (χ3n) is 3.76. The number of hydrogen-bond acceptors (Lipinski definition) is 5. The van der Waals surface area contributed by atoms with Gasteiger partial charge in [0.25, 0.3) is 5.69 Å². The quantitative estimate of drug-likeness (QED) is 0.471. The van der Waals surface area contributed by atoms with Crippen LogP contribution >= 0.6 is 0 Å². The van der Waals surface area contributed by atoms with E-state index in [1.54, 1.807) is 0 Å². The van der Waals surface area contributed by atoms with Gasteiger partial charge in [0.2, 0.25) is 5.91 Å². The first-order valence-corrected chi connectivity index (χ1v) is 7.84. The molecule has 0 aliphatic heterocycles. The molecule has 0 heterocycles. The first-order valence-electron chi connectivity index (χ1n) is 7.84. The van der Waals surface area contributed by atoms with Crippen LogP contribution in [0, 0.1) is 10.1 Å². The predicted octanol–water partition coefficient (Wildman–Crippen LogP) is 1.65. The van der Waals surface area contributed by atoms with E-state index in [4.69, 9.17) is 5.11 Å². The standard InChI is InChI=1S/C18H16N2O7/c21-16(10-12-2-1-3-14(8-12)20(26)27)19-15(18(24)25)9-11-4-6-13(7-5-11)17(22)23/h1-8,15H,9-10H2,(H,19,21)(H,22,23)(H,24,25)/t15-/m0/s1. The van der Waals surface area contributed by atoms with Crippen molar-refractivity contribution in [3.8, 4) is 0 Å². The van der Waals surface area contributed by atoms with E-state index in [0.717, 1.165) is 0 Å². The minimum Gasteiger partial charge on any atom is -0.480 e. The molecule has 0 unspecified atom stereocenters. The van der Waals surface area contributed by atoms with Crippen molar-refractivity contribution >= 4 is 23.5 Å². The summed E-state index contributed by atoms with van der Waals surface area (Å²) in [6, 6.07) is 9.96. The van der Waals surface area contributed by atoms with Gasteiger partial charge in [-0.3, -0.25) is 14.9 Å². The van der Waals surface area contributed by atoms with Gasteiger partial charge in [-0.05, 0) is 23.3 Å². The SMILES string of the molecule is O=C(Cc1cccc([N+](=O)[O-])c1)N[C@@H](Cc1ccc(C(=O)O)cc1)C(=O)O. The molecule has 2 aromatic rings. The molecule has 9 heteroatoms. The molecular weight excluding hydrogens is 356 g/mol. The summed E-state index contributed by atoms with van der Waals surface area (Å²) < 4.78 is 0. The van der Waals surface area contributed by atoms with Crippen molar-refractivity contribution in [3.63, 3.8) is 0 Å². The fourth-order valence-corrected chi connectivity index (χ4v) is 2.43. The number of carbonyl (C=O) groups is 3. The number of aromatic carboxylic acids is 1. The van der Waals surface area contributed by atoms with Crippen LogP contribution < -0.4 is 5.32 Å². The molecule has 0 fully saturated rings. The van der Waals surface area contributed by atoms with Gasteiger partial charge in [0.1, 0.15) is 6.04 Å². The molecule has 0 aliphatic carbocycles. The number of nitro groups is 1. The lowest BCUT2D eigenvalue weighted by molar-refractivity contribution is -0.384. The van der Waals surface area contributed by atoms with Crippen molar-refractivity contribution in [2.24, 2.45) is 0 Å². The minimum absolute atomic E-state index is 0.0318. The van der Waals surface area contributed by atoms with Gasteiger partial charge in [-0.25, -0.2) is 9.59 Å². The van der Waals surface area contributed by atoms with Crippen LogP contribution in [0.3, 0.4) is 0 Å². The number of nitro benzene ring substituents is 1. The number of carboxylic acids is 2. The maximum Gasteiger partial charge on any atom is 0.335 e. The summed E-state index contributed by atoms with van der Waals surface area (Å²) in [5, 5.41) is 31.3. The molecule has 1 amide bonds. The monoisotopic (exact) mass is 372 g/mol. The summed E-state index contributed by atoms with van der Waals surface area (Å²) in [6.07, 6.45) is -0.237. The predicted molar refractivity (Wildman–Crippen MR) is 93.5 cm³/mol. The molecule has 0 saturated heterocycles. The van der Waals surface area contributed by atoms with Crippen LogP contribution in [0.4, 0.5) is 5.69 Å². The van der Waals surface area contributed by atoms with E-state index in [0.29, 0.717) is 11.1 Å². The lowest BCUT2D eigenvalue weighted by Crippen LogP contribution is -2.43. The van der Waals surface area contributed by atoms with Crippen molar-refractivity contribution in [2.75, 3.05) is 0 Å². The Hall–Kier alpha value is -3.75. The molecule has 2 aromatic carbocycles. The second kappa shape index (κ2) is 8.56. The smallest absolute Gasteiger partial charge is 0.335 e. The summed E-state index contributed by atoms with van der Waals surface area (Å²) >= 11 is 0. The van der Waals surface area contributed by atoms with Crippen LogP contribution in [0.2, 0.25) is 0 Å². The zero-order chi connectivity index (χ0) is 20.0. The summed E-state index contributed by atoms with van der Waals surface area (Å²) in [6.45, 7) is 0. The molecule has 0 aliphatic rings. The average Bonchev–Trinajstić information content (AvgIpc) is 2.61. The molecule has 27 heavy (non-hydrogen) atoms. The van der Waals surface area contributed by atoms with Crippen molar-refractivity contribution < 1.29 is 29.5 Å². The summed E-state index contributed by atoms with van der Waals surface area (Å²) in [7, 11) is 0. The summed E-state index contributed by atoms with van der Waals surface area (Å²) in [5.41, 5.74) is 0.841. The summed E-state index contributed by atoms with van der Waals surface area (Å²) in [4.78, 5) is 44.6. The Balaban J connectivity index is 2.03. The molecule has 2 rings (SSSR count). The fraction of sp³-hybridized carbons (Fsp3) is 0.167. The molecule has 3 N–H and O–H groups in total. The van der Waals surface area contributed by atoms with Gasteiger partial charge in [-0.2, -0.15) is 0 Å². The van der Waals surface area contributed by atoms with Crippen molar-refractivity contribution in [2.45, 2.75) is 18.9 Å². The molecular formula is C18H16N2O7. The van der Waals surface area contributed by atoms with Gasteiger partial charge in [0.15, 0.2) is 0 Å². The number of carboxylic acid groups (broad SMARTS) is 2. The highest BCUT2D eigenvalue weighted by molar-refractivity contribution is 5.87. The van der Waals surface area contributed by atoms with E-state index < -0.39 is 28.8 Å². The van der Waals surface area contributed by atoms with E-state index in [9.17, 15) is 29.6 Å². The van der Waals surface area contributed by atoms with Gasteiger partial charge < -0.3 is 15.5 Å². The molecule has 0 bridgehead atoms. The van der Waals surface area contributed by atoms with Crippen LogP contribution in [0.15, 0.2) is 48.5 Å². The number of nitrogens with zero attached hydrogens (tertiary/aromatic N) is 1. The zero-order valence-corrected chi connectivity index (χ0v) is 14.0. The van der Waals surface area contributed by atoms with Crippen molar-refractivity contribution in [1.29, 1.82) is 0 Å². The number of non-ortho nitro benzene ring substituents is 1. The third-order valence-corrected chi connectivity index (χ3v) is 3.76. The number of hydrogen-bond donors (Lipinski definition) is 3. The van der Waals surface area contributed by atoms with E-state index in [1.165, 1.54) is 48.5 Å². The van der Waals surface area contributed by atoms with Crippen LogP contribution in [0.5, 0.6) is 0 Å². The van der Waals surface area contributed by atoms with Gasteiger partial charge >= 0.3 is 11.9 Å². The van der Waals surface area contributed by atoms with Crippen LogP contribution in [-0.2, 0) is 22.4 Å². The molecule has 0 radical (unpaired) electrons. The fourth-order valence-electron chi connectivity index (χ4n) is 2.43. The number of amides is 1. The zero-order valence-electron chi connectivity index (χ0n) is 14.0. The van der Waals surface area contributed by atoms with Gasteiger partial charge in [0.05, 0.1) is 16.9 Å². The van der Waals surface area contributed by atoms with Crippen LogP contribution in [-0.4, -0.2) is 39.0 Å². The topological polar surface area (TPSA) is 147 Å². The van der Waals surface area contributed by atoms with E-state index in [2.05, 4.69) is 5.32 Å². The lowest BCUT2D eigenvalue weighted by Gasteiger charge is -2.15. The van der Waals surface area contributed by atoms with Gasteiger partial charge in [0, 0.05) is 18.6 Å². The highest BCUT2D eigenvalue weighted by atomic mass is 16.6. The van der Waals surface area contributed by atoms with E-state index in [1.807, 2.05) is 0 Å². The molecule has 0 saturated carbocycles. The van der Waals surface area contributed by atoms with Crippen molar-refractivity contribution in [1.82, 2.24) is 5.32 Å². The number of rotatable bonds is 8. The Morgan fingerprint density at radius 1 is 1.04 bits per heavy atom. The molecule has 0 aromatic heterocycles. The van der Waals surface area contributed by atoms with Crippen LogP contribution in [0.1, 0.15) is 21.5 Å². The second-order valence-corrected chi connectivity index (χ2v) is 5.77. The molecule has 140 valence electrons. The Bertz CT molecular complexity index is 878. The number of benzene rings is 2. The Labute approximate surface area is 153 Å². The van der Waals surface area contributed by atoms with Crippen LogP contribution in [0.25, 0.3) is 0 Å². The van der Waals surface area contributed by atoms with E-state index in [-0.39, 0.29) is 24.1 Å². The first-order chi connectivity index (χ1) is 12.8. The van der Waals surface area contributed by atoms with E-state index >= 15 is 0 Å². The lowest BCUT2D eigenvalue weighted by atomic mass is 10.0. The molecule has 0 spiro atoms. The molecule has 1 atom stereocenters. The second-order valence-electron chi connectivity index (χ2n) is 5.77. The minimum atomic E-state index is -1.25. The highest BCUT2D eigenvalue weighted by Gasteiger charge is 2.21.